The van der Waals surface area contributed by atoms with Crippen molar-refractivity contribution in [3.8, 4) is 16.9 Å². The van der Waals surface area contributed by atoms with Crippen molar-refractivity contribution in [2.75, 3.05) is 20.7 Å². The predicted octanol–water partition coefficient (Wildman–Crippen LogP) is 3.63. The number of amides is 2. The number of nitrogens with one attached hydrogen (secondary N) is 1. The van der Waals surface area contributed by atoms with Gasteiger partial charge in [-0.3, -0.25) is 4.79 Å². The second-order valence-electron chi connectivity index (χ2n) is 8.62. The molecule has 0 aliphatic heterocycles. The highest BCUT2D eigenvalue weighted by molar-refractivity contribution is 5.96. The third kappa shape index (κ3) is 4.96. The third-order valence-corrected chi connectivity index (χ3v) is 6.07. The number of carbonyl (C=O) groups excluding carboxylic acids is 2. The first-order valence-electron chi connectivity index (χ1n) is 11.1. The number of benzene rings is 3. The minimum absolute atomic E-state index is 0.0535. The largest absolute Gasteiger partial charge is 0.507 e. The van der Waals surface area contributed by atoms with Crippen LogP contribution in [-0.2, 0) is 16.0 Å². The molecule has 2 amide bonds. The third-order valence-electron chi connectivity index (χ3n) is 6.07. The van der Waals surface area contributed by atoms with Crippen LogP contribution in [0.5, 0.6) is 5.75 Å². The van der Waals surface area contributed by atoms with Crippen molar-refractivity contribution < 1.29 is 29.3 Å². The average molecular weight is 475 g/mol. The summed E-state index contributed by atoms with van der Waals surface area (Å²) in [5, 5.41) is 22.1. The first-order chi connectivity index (χ1) is 16.8. The van der Waals surface area contributed by atoms with E-state index >= 15 is 0 Å². The zero-order valence-corrected chi connectivity index (χ0v) is 19.4. The molecule has 180 valence electrons. The molecule has 0 radical (unpaired) electrons. The van der Waals surface area contributed by atoms with Gasteiger partial charge in [0.1, 0.15) is 18.4 Å². The number of carbonyl (C=O) groups is 3. The van der Waals surface area contributed by atoms with E-state index < -0.39 is 24.0 Å². The first-order valence-corrected chi connectivity index (χ1v) is 11.1. The molecule has 8 nitrogen and oxygen atoms in total. The molecule has 3 N–H and O–H groups in total. The zero-order chi connectivity index (χ0) is 25.1. The van der Waals surface area contributed by atoms with Gasteiger partial charge in [0.05, 0.1) is 5.56 Å². The van der Waals surface area contributed by atoms with Crippen molar-refractivity contribution in [1.82, 2.24) is 10.2 Å². The Bertz CT molecular complexity index is 1240. The molecular weight excluding hydrogens is 448 g/mol. The lowest BCUT2D eigenvalue weighted by Gasteiger charge is -2.18. The van der Waals surface area contributed by atoms with E-state index in [4.69, 9.17) is 4.74 Å². The summed E-state index contributed by atoms with van der Waals surface area (Å²) in [7, 11) is 3.10. The lowest BCUT2D eigenvalue weighted by molar-refractivity contribution is -0.139. The second-order valence-corrected chi connectivity index (χ2v) is 8.62. The standard InChI is InChI=1S/C27H26N2O6/c1-29(2)25(31)21-13-16(11-12-24(21)30)14-23(26(32)33)28-27(34)35-15-22-19-9-5-3-7-17(19)18-8-4-6-10-20(18)22/h3-13,22-23,30H,14-15H2,1-2H3,(H,28,34)(H,32,33). The quantitative estimate of drug-likeness (QED) is 0.482. The Morgan fingerprint density at radius 1 is 0.971 bits per heavy atom. The van der Waals surface area contributed by atoms with Crippen LogP contribution in [0, 0.1) is 0 Å². The smallest absolute Gasteiger partial charge is 0.407 e. The molecule has 1 aliphatic rings. The minimum Gasteiger partial charge on any atom is -0.507 e. The lowest BCUT2D eigenvalue weighted by atomic mass is 9.98. The Hall–Kier alpha value is -4.33. The molecule has 0 heterocycles. The molecule has 1 atom stereocenters. The van der Waals surface area contributed by atoms with Crippen molar-refractivity contribution in [2.45, 2.75) is 18.4 Å². The van der Waals surface area contributed by atoms with Crippen molar-refractivity contribution >= 4 is 18.0 Å². The number of phenolic OH excluding ortho intramolecular Hbond substituents is 1. The number of carboxylic acids is 1. The summed E-state index contributed by atoms with van der Waals surface area (Å²) in [6, 6.07) is 18.8. The molecule has 0 saturated heterocycles. The van der Waals surface area contributed by atoms with E-state index in [9.17, 15) is 24.6 Å². The Morgan fingerprint density at radius 3 is 2.14 bits per heavy atom. The molecule has 4 rings (SSSR count). The molecule has 3 aromatic carbocycles. The maximum Gasteiger partial charge on any atom is 0.407 e. The van der Waals surface area contributed by atoms with Crippen molar-refractivity contribution in [1.29, 1.82) is 0 Å². The van der Waals surface area contributed by atoms with Gasteiger partial charge in [-0.25, -0.2) is 9.59 Å². The van der Waals surface area contributed by atoms with Crippen molar-refractivity contribution in [2.24, 2.45) is 0 Å². The number of phenols is 1. The monoisotopic (exact) mass is 474 g/mol. The Kier molecular flexibility index (Phi) is 6.73. The molecule has 0 saturated carbocycles. The van der Waals surface area contributed by atoms with Gasteiger partial charge in [0.25, 0.3) is 5.91 Å². The Labute approximate surface area is 202 Å². The molecule has 1 unspecified atom stereocenters. The number of aliphatic carboxylic acids is 1. The van der Waals surface area contributed by atoms with Crippen LogP contribution < -0.4 is 5.32 Å². The Balaban J connectivity index is 1.44. The van der Waals surface area contributed by atoms with Crippen LogP contribution in [0.4, 0.5) is 4.79 Å². The van der Waals surface area contributed by atoms with E-state index in [1.54, 1.807) is 14.1 Å². The summed E-state index contributed by atoms with van der Waals surface area (Å²) in [6.45, 7) is 0.0624. The summed E-state index contributed by atoms with van der Waals surface area (Å²) in [5.74, 6) is -2.01. The van der Waals surface area contributed by atoms with Gasteiger partial charge in [0.15, 0.2) is 0 Å². The molecule has 0 bridgehead atoms. The van der Waals surface area contributed by atoms with Crippen LogP contribution in [0.25, 0.3) is 11.1 Å². The summed E-state index contributed by atoms with van der Waals surface area (Å²) < 4.78 is 5.46. The second kappa shape index (κ2) is 9.89. The van der Waals surface area contributed by atoms with E-state index in [0.717, 1.165) is 22.3 Å². The van der Waals surface area contributed by atoms with Gasteiger partial charge in [-0.1, -0.05) is 54.6 Å². The maximum absolute atomic E-state index is 12.5. The van der Waals surface area contributed by atoms with Crippen LogP contribution in [-0.4, -0.2) is 59.8 Å². The summed E-state index contributed by atoms with van der Waals surface area (Å²) in [5.41, 5.74) is 4.82. The van der Waals surface area contributed by atoms with E-state index in [-0.39, 0.29) is 30.3 Å². The number of hydrogen-bond acceptors (Lipinski definition) is 5. The molecular formula is C27H26N2O6. The molecule has 0 spiro atoms. The molecule has 0 aromatic heterocycles. The number of fused-ring (bicyclic) bond motifs is 3. The number of carboxylic acid groups (broad SMARTS) is 1. The molecule has 1 aliphatic carbocycles. The SMILES string of the molecule is CN(C)C(=O)c1cc(CC(NC(=O)OCC2c3ccccc3-c3ccccc32)C(=O)O)ccc1O. The van der Waals surface area contributed by atoms with Crippen LogP contribution in [0.3, 0.4) is 0 Å². The fourth-order valence-electron chi connectivity index (χ4n) is 4.34. The number of alkyl carbamates (subject to hydrolysis) is 1. The van der Waals surface area contributed by atoms with Gasteiger partial charge in [0.2, 0.25) is 0 Å². The molecule has 3 aromatic rings. The summed E-state index contributed by atoms with van der Waals surface area (Å²) in [6.07, 6.45) is -0.935. The predicted molar refractivity (Wildman–Crippen MR) is 129 cm³/mol. The van der Waals surface area contributed by atoms with E-state index in [1.165, 1.54) is 23.1 Å². The zero-order valence-electron chi connectivity index (χ0n) is 19.4. The fourth-order valence-corrected chi connectivity index (χ4v) is 4.34. The van der Waals surface area contributed by atoms with Crippen LogP contribution in [0.2, 0.25) is 0 Å². The number of ether oxygens (including phenoxy) is 1. The van der Waals surface area contributed by atoms with Gasteiger partial charge < -0.3 is 25.2 Å². The van der Waals surface area contributed by atoms with Gasteiger partial charge in [-0.2, -0.15) is 0 Å². The maximum atomic E-state index is 12.5. The van der Waals surface area contributed by atoms with Crippen molar-refractivity contribution in [3.05, 3.63) is 89.0 Å². The highest BCUT2D eigenvalue weighted by Gasteiger charge is 2.30. The number of rotatable bonds is 7. The number of nitrogens with zero attached hydrogens (tertiary/aromatic N) is 1. The number of hydrogen-bond donors (Lipinski definition) is 3. The van der Waals surface area contributed by atoms with E-state index in [2.05, 4.69) is 5.32 Å². The van der Waals surface area contributed by atoms with E-state index in [1.807, 2.05) is 48.5 Å². The average Bonchev–Trinajstić information content (AvgIpc) is 3.16. The minimum atomic E-state index is -1.28. The van der Waals surface area contributed by atoms with Gasteiger partial charge in [0, 0.05) is 26.4 Å². The van der Waals surface area contributed by atoms with Gasteiger partial charge in [-0.05, 0) is 39.9 Å². The van der Waals surface area contributed by atoms with Crippen LogP contribution in [0.1, 0.15) is 33.0 Å². The summed E-state index contributed by atoms with van der Waals surface area (Å²) in [4.78, 5) is 37.9. The van der Waals surface area contributed by atoms with Crippen LogP contribution >= 0.6 is 0 Å². The molecule has 8 heteroatoms. The molecule has 35 heavy (non-hydrogen) atoms. The highest BCUT2D eigenvalue weighted by Crippen LogP contribution is 2.44. The topological polar surface area (TPSA) is 116 Å². The highest BCUT2D eigenvalue weighted by atomic mass is 16.5. The normalized spacial score (nSPS) is 12.9. The first kappa shape index (κ1) is 23.8. The Morgan fingerprint density at radius 2 is 1.57 bits per heavy atom. The van der Waals surface area contributed by atoms with Gasteiger partial charge >= 0.3 is 12.1 Å². The summed E-state index contributed by atoms with van der Waals surface area (Å²) >= 11 is 0. The van der Waals surface area contributed by atoms with E-state index in [0.29, 0.717) is 5.56 Å². The van der Waals surface area contributed by atoms with Crippen molar-refractivity contribution in [3.63, 3.8) is 0 Å². The van der Waals surface area contributed by atoms with Crippen LogP contribution in [0.15, 0.2) is 66.7 Å². The fraction of sp³-hybridized carbons (Fsp3) is 0.222. The molecule has 0 fully saturated rings. The lowest BCUT2D eigenvalue weighted by Crippen LogP contribution is -2.43. The van der Waals surface area contributed by atoms with Gasteiger partial charge in [-0.15, -0.1) is 0 Å². The number of aromatic hydroxyl groups is 1.